The van der Waals surface area contributed by atoms with Gasteiger partial charge in [-0.2, -0.15) is 0 Å². The highest BCUT2D eigenvalue weighted by Crippen LogP contribution is 2.28. The van der Waals surface area contributed by atoms with Gasteiger partial charge in [-0.25, -0.2) is 0 Å². The third-order valence-corrected chi connectivity index (χ3v) is 3.16. The van der Waals surface area contributed by atoms with Crippen molar-refractivity contribution < 1.29 is 4.74 Å². The molecular formula is C16H20N2O. The molecule has 1 heterocycles. The molecule has 2 aromatic rings. The first-order chi connectivity index (χ1) is 9.15. The Bertz CT molecular complexity index is 546. The van der Waals surface area contributed by atoms with E-state index in [1.807, 2.05) is 19.2 Å². The number of ether oxygens (including phenoxy) is 1. The summed E-state index contributed by atoms with van der Waals surface area (Å²) in [7, 11) is 3.62. The van der Waals surface area contributed by atoms with Gasteiger partial charge in [-0.15, -0.1) is 0 Å². The summed E-state index contributed by atoms with van der Waals surface area (Å²) in [5.74, 6) is 0.806. The average Bonchev–Trinajstić information content (AvgIpc) is 2.39. The van der Waals surface area contributed by atoms with Crippen LogP contribution in [0, 0.1) is 13.8 Å². The van der Waals surface area contributed by atoms with E-state index in [-0.39, 0.29) is 6.04 Å². The fourth-order valence-electron chi connectivity index (χ4n) is 2.43. The fourth-order valence-corrected chi connectivity index (χ4v) is 2.43. The first kappa shape index (κ1) is 13.6. The molecule has 2 rings (SSSR count). The van der Waals surface area contributed by atoms with E-state index in [4.69, 9.17) is 4.74 Å². The summed E-state index contributed by atoms with van der Waals surface area (Å²) >= 11 is 0. The van der Waals surface area contributed by atoms with Gasteiger partial charge in [-0.1, -0.05) is 29.3 Å². The number of hydrogen-bond acceptors (Lipinski definition) is 3. The largest absolute Gasteiger partial charge is 0.495 e. The minimum absolute atomic E-state index is 0.0368. The number of rotatable bonds is 4. The van der Waals surface area contributed by atoms with Crippen LogP contribution in [0.1, 0.15) is 28.4 Å². The van der Waals surface area contributed by atoms with Crippen LogP contribution in [0.15, 0.2) is 36.5 Å². The van der Waals surface area contributed by atoms with Crippen LogP contribution < -0.4 is 10.1 Å². The molecular weight excluding hydrogens is 236 g/mol. The van der Waals surface area contributed by atoms with Gasteiger partial charge < -0.3 is 10.1 Å². The van der Waals surface area contributed by atoms with Crippen molar-refractivity contribution >= 4 is 0 Å². The van der Waals surface area contributed by atoms with Crippen molar-refractivity contribution in [3.63, 3.8) is 0 Å². The van der Waals surface area contributed by atoms with Gasteiger partial charge in [0, 0.05) is 6.20 Å². The monoisotopic (exact) mass is 256 g/mol. The van der Waals surface area contributed by atoms with Crippen LogP contribution >= 0.6 is 0 Å². The van der Waals surface area contributed by atoms with E-state index in [9.17, 15) is 0 Å². The van der Waals surface area contributed by atoms with Crippen molar-refractivity contribution in [2.75, 3.05) is 14.2 Å². The van der Waals surface area contributed by atoms with Crippen molar-refractivity contribution in [2.24, 2.45) is 0 Å². The molecule has 100 valence electrons. The molecule has 19 heavy (non-hydrogen) atoms. The van der Waals surface area contributed by atoms with Crippen LogP contribution in [0.5, 0.6) is 5.75 Å². The zero-order valence-corrected chi connectivity index (χ0v) is 11.9. The van der Waals surface area contributed by atoms with Crippen LogP contribution in [0.25, 0.3) is 0 Å². The van der Waals surface area contributed by atoms with Gasteiger partial charge in [0.2, 0.25) is 0 Å². The van der Waals surface area contributed by atoms with Crippen LogP contribution in [0.2, 0.25) is 0 Å². The number of methoxy groups -OCH3 is 1. The molecule has 3 heteroatoms. The minimum Gasteiger partial charge on any atom is -0.495 e. The molecule has 1 N–H and O–H groups in total. The number of aromatic nitrogens is 1. The van der Waals surface area contributed by atoms with Gasteiger partial charge in [-0.05, 0) is 38.6 Å². The van der Waals surface area contributed by atoms with E-state index in [1.165, 1.54) is 16.7 Å². The van der Waals surface area contributed by atoms with Gasteiger partial charge >= 0.3 is 0 Å². The first-order valence-corrected chi connectivity index (χ1v) is 6.40. The molecule has 1 atom stereocenters. The van der Waals surface area contributed by atoms with Crippen LogP contribution in [-0.2, 0) is 0 Å². The summed E-state index contributed by atoms with van der Waals surface area (Å²) in [6.45, 7) is 4.22. The standard InChI is InChI=1S/C16H20N2O/c1-11-8-12(2)10-13(9-11)15(17-3)16-14(19-4)6-5-7-18-16/h5-10,15,17H,1-4H3. The summed E-state index contributed by atoms with van der Waals surface area (Å²) in [5.41, 5.74) is 4.63. The second kappa shape index (κ2) is 5.85. The first-order valence-electron chi connectivity index (χ1n) is 6.40. The highest BCUT2D eigenvalue weighted by molar-refractivity contribution is 5.39. The summed E-state index contributed by atoms with van der Waals surface area (Å²) in [6.07, 6.45) is 1.80. The summed E-state index contributed by atoms with van der Waals surface area (Å²) < 4.78 is 5.41. The summed E-state index contributed by atoms with van der Waals surface area (Å²) in [6, 6.07) is 10.4. The van der Waals surface area contributed by atoms with E-state index in [1.54, 1.807) is 13.3 Å². The molecule has 0 fully saturated rings. The van der Waals surface area contributed by atoms with E-state index < -0.39 is 0 Å². The molecule has 0 saturated carbocycles. The lowest BCUT2D eigenvalue weighted by Gasteiger charge is -2.19. The van der Waals surface area contributed by atoms with Crippen molar-refractivity contribution in [3.05, 3.63) is 58.9 Å². The lowest BCUT2D eigenvalue weighted by molar-refractivity contribution is 0.401. The topological polar surface area (TPSA) is 34.2 Å². The maximum Gasteiger partial charge on any atom is 0.142 e. The Labute approximate surface area is 114 Å². The van der Waals surface area contributed by atoms with E-state index in [0.29, 0.717) is 0 Å². The quantitative estimate of drug-likeness (QED) is 0.913. The normalized spacial score (nSPS) is 12.2. The highest BCUT2D eigenvalue weighted by atomic mass is 16.5. The second-order valence-corrected chi connectivity index (χ2v) is 4.73. The molecule has 0 aliphatic carbocycles. The zero-order chi connectivity index (χ0) is 13.8. The lowest BCUT2D eigenvalue weighted by Crippen LogP contribution is -2.20. The molecule has 0 aliphatic rings. The third-order valence-electron chi connectivity index (χ3n) is 3.16. The predicted octanol–water partition coefficient (Wildman–Crippen LogP) is 3.02. The van der Waals surface area contributed by atoms with Crippen molar-refractivity contribution in [1.29, 1.82) is 0 Å². The Morgan fingerprint density at radius 2 is 1.84 bits per heavy atom. The number of nitrogens with one attached hydrogen (secondary N) is 1. The average molecular weight is 256 g/mol. The van der Waals surface area contributed by atoms with Crippen molar-refractivity contribution in [1.82, 2.24) is 10.3 Å². The molecule has 0 radical (unpaired) electrons. The van der Waals surface area contributed by atoms with Gasteiger partial charge in [0.25, 0.3) is 0 Å². The van der Waals surface area contributed by atoms with Crippen LogP contribution in [0.3, 0.4) is 0 Å². The van der Waals surface area contributed by atoms with E-state index in [2.05, 4.69) is 42.3 Å². The van der Waals surface area contributed by atoms with Crippen molar-refractivity contribution in [3.8, 4) is 5.75 Å². The molecule has 3 nitrogen and oxygen atoms in total. The molecule has 1 aromatic heterocycles. The van der Waals surface area contributed by atoms with E-state index >= 15 is 0 Å². The van der Waals surface area contributed by atoms with Crippen LogP contribution in [0.4, 0.5) is 0 Å². The molecule has 0 aliphatic heterocycles. The van der Waals surface area contributed by atoms with Crippen molar-refractivity contribution in [2.45, 2.75) is 19.9 Å². The van der Waals surface area contributed by atoms with Gasteiger partial charge in [0.15, 0.2) is 0 Å². The highest BCUT2D eigenvalue weighted by Gasteiger charge is 2.18. The van der Waals surface area contributed by atoms with Gasteiger partial charge in [-0.3, -0.25) is 4.98 Å². The maximum atomic E-state index is 5.41. The molecule has 1 unspecified atom stereocenters. The lowest BCUT2D eigenvalue weighted by atomic mass is 9.98. The SMILES string of the molecule is CNC(c1cc(C)cc(C)c1)c1ncccc1OC. The Balaban J connectivity index is 2.49. The number of pyridine rings is 1. The molecule has 0 spiro atoms. The van der Waals surface area contributed by atoms with Gasteiger partial charge in [0.05, 0.1) is 13.2 Å². The Morgan fingerprint density at radius 1 is 1.16 bits per heavy atom. The summed E-state index contributed by atoms with van der Waals surface area (Å²) in [4.78, 5) is 4.47. The van der Waals surface area contributed by atoms with Gasteiger partial charge in [0.1, 0.15) is 11.4 Å². The Morgan fingerprint density at radius 3 is 2.42 bits per heavy atom. The fraction of sp³-hybridized carbons (Fsp3) is 0.312. The predicted molar refractivity (Wildman–Crippen MR) is 77.6 cm³/mol. The zero-order valence-electron chi connectivity index (χ0n) is 11.9. The number of nitrogens with zero attached hydrogens (tertiary/aromatic N) is 1. The third kappa shape index (κ3) is 2.93. The molecule has 1 aromatic carbocycles. The van der Waals surface area contributed by atoms with Crippen LogP contribution in [-0.4, -0.2) is 19.1 Å². The summed E-state index contributed by atoms with van der Waals surface area (Å²) in [5, 5.41) is 3.32. The van der Waals surface area contributed by atoms with E-state index in [0.717, 1.165) is 11.4 Å². The Kier molecular flexibility index (Phi) is 4.17. The maximum absolute atomic E-state index is 5.41. The number of aryl methyl sites for hydroxylation is 2. The molecule has 0 amide bonds. The smallest absolute Gasteiger partial charge is 0.142 e. The molecule has 0 bridgehead atoms. The minimum atomic E-state index is 0.0368. The Hall–Kier alpha value is -1.87. The number of hydrogen-bond donors (Lipinski definition) is 1. The number of benzene rings is 1. The second-order valence-electron chi connectivity index (χ2n) is 4.73. The molecule has 0 saturated heterocycles.